The molecule has 1 unspecified atom stereocenters. The molecular weight excluding hydrogens is 364 g/mol. The van der Waals surface area contributed by atoms with Crippen molar-refractivity contribution in [3.8, 4) is 0 Å². The van der Waals surface area contributed by atoms with Gasteiger partial charge in [0.25, 0.3) is 5.91 Å². The molecule has 5 nitrogen and oxygen atoms in total. The van der Waals surface area contributed by atoms with Gasteiger partial charge < -0.3 is 14.7 Å². The Labute approximate surface area is 165 Å². The van der Waals surface area contributed by atoms with Gasteiger partial charge in [0.2, 0.25) is 5.91 Å². The normalized spacial score (nSPS) is 20.8. The second kappa shape index (κ2) is 9.45. The van der Waals surface area contributed by atoms with Crippen molar-refractivity contribution in [3.63, 3.8) is 0 Å². The van der Waals surface area contributed by atoms with Crippen LogP contribution in [0.1, 0.15) is 49.4 Å². The van der Waals surface area contributed by atoms with E-state index in [0.717, 1.165) is 44.6 Å². The molecule has 7 heteroatoms. The van der Waals surface area contributed by atoms with Crippen molar-refractivity contribution >= 4 is 11.8 Å². The lowest BCUT2D eigenvalue weighted by molar-refractivity contribution is -0.132. The number of carbonyl (C=O) groups is 2. The van der Waals surface area contributed by atoms with Crippen LogP contribution in [-0.2, 0) is 4.79 Å². The Kier molecular flexibility index (Phi) is 6.99. The van der Waals surface area contributed by atoms with E-state index in [1.165, 1.54) is 25.3 Å². The van der Waals surface area contributed by atoms with E-state index in [0.29, 0.717) is 19.6 Å². The van der Waals surface area contributed by atoms with Gasteiger partial charge in [0, 0.05) is 44.7 Å². The predicted molar refractivity (Wildman–Crippen MR) is 103 cm³/mol. The number of amides is 2. The van der Waals surface area contributed by atoms with E-state index in [1.807, 2.05) is 4.90 Å². The maximum atomic E-state index is 13.5. The van der Waals surface area contributed by atoms with Crippen molar-refractivity contribution in [1.29, 1.82) is 0 Å². The lowest BCUT2D eigenvalue weighted by atomic mass is 10.0. The zero-order valence-electron chi connectivity index (χ0n) is 16.5. The van der Waals surface area contributed by atoms with Crippen LogP contribution >= 0.6 is 0 Å². The van der Waals surface area contributed by atoms with Crippen molar-refractivity contribution in [3.05, 3.63) is 35.4 Å². The zero-order chi connectivity index (χ0) is 20.1. The van der Waals surface area contributed by atoms with E-state index in [9.17, 15) is 18.4 Å². The molecular formula is C21H29F2N3O2. The number of hydrogen-bond donors (Lipinski definition) is 0. The van der Waals surface area contributed by atoms with Crippen molar-refractivity contribution < 1.29 is 18.4 Å². The molecule has 28 heavy (non-hydrogen) atoms. The van der Waals surface area contributed by atoms with Crippen LogP contribution in [0.2, 0.25) is 0 Å². The lowest BCUT2D eigenvalue weighted by Gasteiger charge is -2.40. The molecule has 0 bridgehead atoms. The van der Waals surface area contributed by atoms with Gasteiger partial charge in [-0.3, -0.25) is 9.59 Å². The van der Waals surface area contributed by atoms with Crippen molar-refractivity contribution in [2.75, 3.05) is 39.3 Å². The molecule has 1 atom stereocenters. The van der Waals surface area contributed by atoms with Gasteiger partial charge in [0.05, 0.1) is 0 Å². The Bertz CT molecular complexity index is 707. The summed E-state index contributed by atoms with van der Waals surface area (Å²) in [6, 6.07) is 3.19. The third-order valence-electron chi connectivity index (χ3n) is 5.80. The molecule has 2 aliphatic rings. The summed E-state index contributed by atoms with van der Waals surface area (Å²) in [6.07, 6.45) is 5.32. The molecule has 154 valence electrons. The molecule has 3 rings (SSSR count). The minimum absolute atomic E-state index is 0.0177. The average molecular weight is 393 g/mol. The van der Waals surface area contributed by atoms with Crippen LogP contribution < -0.4 is 0 Å². The Hall–Kier alpha value is -2.02. The average Bonchev–Trinajstić information content (AvgIpc) is 2.70. The molecule has 2 amide bonds. The summed E-state index contributed by atoms with van der Waals surface area (Å²) >= 11 is 0. The summed E-state index contributed by atoms with van der Waals surface area (Å²) in [5, 5.41) is 0. The van der Waals surface area contributed by atoms with Crippen LogP contribution in [0.4, 0.5) is 8.78 Å². The third-order valence-corrected chi connectivity index (χ3v) is 5.80. The van der Waals surface area contributed by atoms with Gasteiger partial charge in [-0.05, 0) is 57.0 Å². The molecule has 2 heterocycles. The largest absolute Gasteiger partial charge is 0.337 e. The standard InChI is InChI=1S/C21H29F2N3O2/c1-16(27)26(13-12-24-9-3-2-4-10-24)18-6-5-11-25(15-18)21(28)17-7-8-19(22)20(23)14-17/h7-8,14,18H,2-6,9-13,15H2,1H3. The summed E-state index contributed by atoms with van der Waals surface area (Å²) in [5.74, 6) is -2.29. The van der Waals surface area contributed by atoms with Crippen LogP contribution in [0.5, 0.6) is 0 Å². The fourth-order valence-corrected chi connectivity index (χ4v) is 4.23. The van der Waals surface area contributed by atoms with Gasteiger partial charge >= 0.3 is 0 Å². The van der Waals surface area contributed by atoms with Gasteiger partial charge in [-0.15, -0.1) is 0 Å². The second-order valence-electron chi connectivity index (χ2n) is 7.79. The van der Waals surface area contributed by atoms with E-state index in [4.69, 9.17) is 0 Å². The van der Waals surface area contributed by atoms with Gasteiger partial charge in [-0.25, -0.2) is 8.78 Å². The minimum Gasteiger partial charge on any atom is -0.337 e. The van der Waals surface area contributed by atoms with Gasteiger partial charge in [0.15, 0.2) is 11.6 Å². The number of piperidine rings is 2. The molecule has 0 radical (unpaired) electrons. The number of likely N-dealkylation sites (tertiary alicyclic amines) is 2. The zero-order valence-corrected chi connectivity index (χ0v) is 16.5. The van der Waals surface area contributed by atoms with Crippen LogP contribution in [-0.4, -0.2) is 71.8 Å². The number of rotatable bonds is 5. The highest BCUT2D eigenvalue weighted by atomic mass is 19.2. The molecule has 2 aliphatic heterocycles. The summed E-state index contributed by atoms with van der Waals surface area (Å²) in [5.41, 5.74) is 0.141. The minimum atomic E-state index is -1.02. The van der Waals surface area contributed by atoms with Gasteiger partial charge in [-0.1, -0.05) is 6.42 Å². The van der Waals surface area contributed by atoms with Crippen molar-refractivity contribution in [2.24, 2.45) is 0 Å². The highest BCUT2D eigenvalue weighted by Gasteiger charge is 2.30. The number of benzene rings is 1. The maximum absolute atomic E-state index is 13.5. The molecule has 2 fully saturated rings. The smallest absolute Gasteiger partial charge is 0.254 e. The van der Waals surface area contributed by atoms with E-state index < -0.39 is 11.6 Å². The number of hydrogen-bond acceptors (Lipinski definition) is 3. The van der Waals surface area contributed by atoms with Crippen molar-refractivity contribution in [1.82, 2.24) is 14.7 Å². The van der Waals surface area contributed by atoms with E-state index >= 15 is 0 Å². The summed E-state index contributed by atoms with van der Waals surface area (Å²) in [6.45, 7) is 6.24. The first-order chi connectivity index (χ1) is 13.5. The predicted octanol–water partition coefficient (Wildman–Crippen LogP) is 2.90. The molecule has 0 saturated carbocycles. The van der Waals surface area contributed by atoms with Gasteiger partial charge in [-0.2, -0.15) is 0 Å². The summed E-state index contributed by atoms with van der Waals surface area (Å²) < 4.78 is 26.6. The van der Waals surface area contributed by atoms with Crippen LogP contribution in [0, 0.1) is 11.6 Å². The highest BCUT2D eigenvalue weighted by molar-refractivity contribution is 5.94. The fourth-order valence-electron chi connectivity index (χ4n) is 4.23. The Morgan fingerprint density at radius 3 is 2.50 bits per heavy atom. The van der Waals surface area contributed by atoms with Crippen molar-refractivity contribution in [2.45, 2.75) is 45.1 Å². The first-order valence-corrected chi connectivity index (χ1v) is 10.2. The fraction of sp³-hybridized carbons (Fsp3) is 0.619. The van der Waals surface area contributed by atoms with Gasteiger partial charge in [0.1, 0.15) is 0 Å². The highest BCUT2D eigenvalue weighted by Crippen LogP contribution is 2.20. The molecule has 0 aromatic heterocycles. The summed E-state index contributed by atoms with van der Waals surface area (Å²) in [7, 11) is 0. The topological polar surface area (TPSA) is 43.9 Å². The first kappa shape index (κ1) is 20.7. The van der Waals surface area contributed by atoms with E-state index in [2.05, 4.69) is 4.90 Å². The second-order valence-corrected chi connectivity index (χ2v) is 7.79. The number of nitrogens with zero attached hydrogens (tertiary/aromatic N) is 3. The molecule has 2 saturated heterocycles. The lowest BCUT2D eigenvalue weighted by Crippen LogP contribution is -2.53. The molecule has 0 N–H and O–H groups in total. The molecule has 0 spiro atoms. The quantitative estimate of drug-likeness (QED) is 0.773. The maximum Gasteiger partial charge on any atom is 0.254 e. The molecule has 0 aliphatic carbocycles. The Morgan fingerprint density at radius 1 is 1.07 bits per heavy atom. The number of halogens is 2. The molecule has 1 aromatic carbocycles. The monoisotopic (exact) mass is 393 g/mol. The van der Waals surface area contributed by atoms with E-state index in [1.54, 1.807) is 11.8 Å². The summed E-state index contributed by atoms with van der Waals surface area (Å²) in [4.78, 5) is 30.9. The molecule has 1 aromatic rings. The third kappa shape index (κ3) is 5.07. The Morgan fingerprint density at radius 2 is 1.82 bits per heavy atom. The first-order valence-electron chi connectivity index (χ1n) is 10.2. The Balaban J connectivity index is 1.63. The van der Waals surface area contributed by atoms with Crippen LogP contribution in [0.3, 0.4) is 0 Å². The van der Waals surface area contributed by atoms with Crippen LogP contribution in [0.15, 0.2) is 18.2 Å². The number of carbonyl (C=O) groups excluding carboxylic acids is 2. The van der Waals surface area contributed by atoms with Crippen LogP contribution in [0.25, 0.3) is 0 Å². The SMILES string of the molecule is CC(=O)N(CCN1CCCCC1)C1CCCN(C(=O)c2ccc(F)c(F)c2)C1. The van der Waals surface area contributed by atoms with E-state index in [-0.39, 0.29) is 23.4 Å².